The zero-order valence-electron chi connectivity index (χ0n) is 8.37. The van der Waals surface area contributed by atoms with Gasteiger partial charge < -0.3 is 10.6 Å². The number of alkyl halides is 2. The van der Waals surface area contributed by atoms with E-state index in [0.29, 0.717) is 17.5 Å². The van der Waals surface area contributed by atoms with E-state index in [2.05, 4.69) is 9.97 Å². The first-order chi connectivity index (χ1) is 6.96. The third kappa shape index (κ3) is 2.14. The van der Waals surface area contributed by atoms with Gasteiger partial charge in [-0.2, -0.15) is 4.98 Å². The fourth-order valence-corrected chi connectivity index (χ4v) is 1.62. The molecule has 0 spiro atoms. The van der Waals surface area contributed by atoms with E-state index in [4.69, 9.17) is 5.73 Å². The normalized spacial score (nSPS) is 19.5. The summed E-state index contributed by atoms with van der Waals surface area (Å²) in [5.74, 6) is -2.03. The van der Waals surface area contributed by atoms with Crippen LogP contribution in [-0.4, -0.2) is 29.0 Å². The summed E-state index contributed by atoms with van der Waals surface area (Å²) in [4.78, 5) is 9.49. The lowest BCUT2D eigenvalue weighted by Crippen LogP contribution is -2.26. The van der Waals surface area contributed by atoms with Crippen molar-refractivity contribution in [3.05, 3.63) is 11.8 Å². The van der Waals surface area contributed by atoms with Gasteiger partial charge in [0.25, 0.3) is 5.92 Å². The lowest BCUT2D eigenvalue weighted by Gasteiger charge is -2.16. The van der Waals surface area contributed by atoms with E-state index in [0.717, 1.165) is 0 Å². The van der Waals surface area contributed by atoms with Crippen molar-refractivity contribution in [1.82, 2.24) is 9.97 Å². The smallest absolute Gasteiger partial charge is 0.267 e. The van der Waals surface area contributed by atoms with Crippen molar-refractivity contribution in [2.45, 2.75) is 19.3 Å². The summed E-state index contributed by atoms with van der Waals surface area (Å²) in [7, 11) is 0. The van der Waals surface area contributed by atoms with Crippen LogP contribution >= 0.6 is 0 Å². The third-order valence-electron chi connectivity index (χ3n) is 2.31. The largest absolute Gasteiger partial charge is 0.384 e. The van der Waals surface area contributed by atoms with E-state index in [-0.39, 0.29) is 19.5 Å². The highest BCUT2D eigenvalue weighted by Crippen LogP contribution is 2.29. The number of nitrogens with zero attached hydrogens (tertiary/aromatic N) is 3. The molecule has 0 unspecified atom stereocenters. The fraction of sp³-hybridized carbons (Fsp3) is 0.556. The molecule has 0 bridgehead atoms. The van der Waals surface area contributed by atoms with Gasteiger partial charge >= 0.3 is 0 Å². The molecule has 1 saturated heterocycles. The second kappa shape index (κ2) is 3.29. The zero-order valence-corrected chi connectivity index (χ0v) is 8.37. The summed E-state index contributed by atoms with van der Waals surface area (Å²) in [6.07, 6.45) is -0.149. The topological polar surface area (TPSA) is 55.0 Å². The van der Waals surface area contributed by atoms with Crippen LogP contribution < -0.4 is 10.6 Å². The molecular weight excluding hydrogens is 202 g/mol. The van der Waals surface area contributed by atoms with Gasteiger partial charge in [0.1, 0.15) is 5.82 Å². The van der Waals surface area contributed by atoms with Gasteiger partial charge in [0.2, 0.25) is 5.95 Å². The van der Waals surface area contributed by atoms with Crippen LogP contribution in [0.4, 0.5) is 20.5 Å². The molecule has 4 nitrogen and oxygen atoms in total. The molecule has 82 valence electrons. The van der Waals surface area contributed by atoms with Crippen molar-refractivity contribution in [3.8, 4) is 0 Å². The van der Waals surface area contributed by atoms with Crippen LogP contribution in [0.25, 0.3) is 0 Å². The molecule has 0 radical (unpaired) electrons. The summed E-state index contributed by atoms with van der Waals surface area (Å²) in [5, 5.41) is 0. The van der Waals surface area contributed by atoms with Gasteiger partial charge in [0.15, 0.2) is 0 Å². The number of nitrogen functional groups attached to an aromatic ring is 1. The van der Waals surface area contributed by atoms with Gasteiger partial charge in [-0.05, 0) is 6.92 Å². The molecule has 0 amide bonds. The van der Waals surface area contributed by atoms with Gasteiger partial charge in [-0.3, -0.25) is 0 Å². The average Bonchev–Trinajstić information content (AvgIpc) is 2.44. The molecular formula is C9H12F2N4. The van der Waals surface area contributed by atoms with Crippen molar-refractivity contribution in [1.29, 1.82) is 0 Å². The number of nitrogens with two attached hydrogens (primary N) is 1. The van der Waals surface area contributed by atoms with E-state index in [9.17, 15) is 8.78 Å². The van der Waals surface area contributed by atoms with Gasteiger partial charge in [-0.1, -0.05) is 0 Å². The Kier molecular flexibility index (Phi) is 2.21. The Morgan fingerprint density at radius 1 is 1.47 bits per heavy atom. The SMILES string of the molecule is Cc1cc(N)nc(N2CCC(F)(F)C2)n1. The molecule has 1 aliphatic rings. The maximum Gasteiger partial charge on any atom is 0.267 e. The summed E-state index contributed by atoms with van der Waals surface area (Å²) in [6.45, 7) is 1.71. The minimum Gasteiger partial charge on any atom is -0.384 e. The monoisotopic (exact) mass is 214 g/mol. The molecule has 1 aromatic rings. The highest BCUT2D eigenvalue weighted by Gasteiger charge is 2.39. The minimum atomic E-state index is -2.64. The average molecular weight is 214 g/mol. The molecule has 0 aliphatic carbocycles. The first-order valence-corrected chi connectivity index (χ1v) is 4.70. The van der Waals surface area contributed by atoms with Crippen LogP contribution in [0.2, 0.25) is 0 Å². The lowest BCUT2D eigenvalue weighted by molar-refractivity contribution is 0.0256. The third-order valence-corrected chi connectivity index (χ3v) is 2.31. The fourth-order valence-electron chi connectivity index (χ4n) is 1.62. The van der Waals surface area contributed by atoms with Crippen molar-refractivity contribution in [3.63, 3.8) is 0 Å². The van der Waals surface area contributed by atoms with Crippen molar-refractivity contribution < 1.29 is 8.78 Å². The summed E-state index contributed by atoms with van der Waals surface area (Å²) < 4.78 is 25.9. The summed E-state index contributed by atoms with van der Waals surface area (Å²) in [5.41, 5.74) is 6.22. The van der Waals surface area contributed by atoms with E-state index in [1.54, 1.807) is 13.0 Å². The first kappa shape index (κ1) is 10.1. The molecule has 6 heteroatoms. The van der Waals surface area contributed by atoms with Gasteiger partial charge in [0, 0.05) is 24.7 Å². The summed E-state index contributed by atoms with van der Waals surface area (Å²) >= 11 is 0. The maximum atomic E-state index is 13.0. The highest BCUT2D eigenvalue weighted by atomic mass is 19.3. The lowest BCUT2D eigenvalue weighted by atomic mass is 10.3. The van der Waals surface area contributed by atoms with Crippen LogP contribution in [0.1, 0.15) is 12.1 Å². The number of hydrogen-bond acceptors (Lipinski definition) is 4. The Labute approximate surface area is 86.1 Å². The Hall–Kier alpha value is -1.46. The maximum absolute atomic E-state index is 13.0. The predicted octanol–water partition coefficient (Wildman–Crippen LogP) is 1.21. The number of hydrogen-bond donors (Lipinski definition) is 1. The summed E-state index contributed by atoms with van der Waals surface area (Å²) in [6, 6.07) is 1.61. The van der Waals surface area contributed by atoms with E-state index in [1.807, 2.05) is 0 Å². The molecule has 0 atom stereocenters. The van der Waals surface area contributed by atoms with Crippen LogP contribution in [0.5, 0.6) is 0 Å². The highest BCUT2D eigenvalue weighted by molar-refractivity contribution is 5.41. The Morgan fingerprint density at radius 3 is 2.73 bits per heavy atom. The molecule has 1 aliphatic heterocycles. The van der Waals surface area contributed by atoms with Crippen LogP contribution in [0.15, 0.2) is 6.07 Å². The van der Waals surface area contributed by atoms with Crippen molar-refractivity contribution in [2.24, 2.45) is 0 Å². The molecule has 0 saturated carbocycles. The van der Waals surface area contributed by atoms with Crippen molar-refractivity contribution >= 4 is 11.8 Å². The number of aryl methyl sites for hydroxylation is 1. The molecule has 1 aromatic heterocycles. The second-order valence-electron chi connectivity index (χ2n) is 3.76. The molecule has 15 heavy (non-hydrogen) atoms. The zero-order chi connectivity index (χ0) is 11.1. The first-order valence-electron chi connectivity index (χ1n) is 4.70. The van der Waals surface area contributed by atoms with Gasteiger partial charge in [-0.15, -0.1) is 0 Å². The molecule has 2 rings (SSSR count). The predicted molar refractivity (Wildman–Crippen MR) is 53.0 cm³/mol. The Morgan fingerprint density at radius 2 is 2.20 bits per heavy atom. The Balaban J connectivity index is 2.24. The molecule has 0 aromatic carbocycles. The molecule has 2 heterocycles. The molecule has 1 fully saturated rings. The van der Waals surface area contributed by atoms with E-state index in [1.165, 1.54) is 4.90 Å². The number of halogens is 2. The Bertz CT molecular complexity index is 360. The van der Waals surface area contributed by atoms with Crippen LogP contribution in [-0.2, 0) is 0 Å². The van der Waals surface area contributed by atoms with Gasteiger partial charge in [0.05, 0.1) is 6.54 Å². The quantitative estimate of drug-likeness (QED) is 0.763. The van der Waals surface area contributed by atoms with Crippen molar-refractivity contribution in [2.75, 3.05) is 23.7 Å². The van der Waals surface area contributed by atoms with Crippen LogP contribution in [0, 0.1) is 6.92 Å². The second-order valence-corrected chi connectivity index (χ2v) is 3.76. The minimum absolute atomic E-state index is 0.149. The molecule has 2 N–H and O–H groups in total. The van der Waals surface area contributed by atoms with Gasteiger partial charge in [-0.25, -0.2) is 13.8 Å². The number of anilines is 2. The van der Waals surface area contributed by atoms with E-state index >= 15 is 0 Å². The standard InChI is InChI=1S/C9H12F2N4/c1-6-4-7(12)14-8(13-6)15-3-2-9(10,11)5-15/h4H,2-3,5H2,1H3,(H2,12,13,14). The number of aromatic nitrogens is 2. The van der Waals surface area contributed by atoms with Crippen LogP contribution in [0.3, 0.4) is 0 Å². The number of rotatable bonds is 1. The van der Waals surface area contributed by atoms with E-state index < -0.39 is 5.92 Å².